The van der Waals surface area contributed by atoms with E-state index in [9.17, 15) is 4.79 Å². The summed E-state index contributed by atoms with van der Waals surface area (Å²) in [5.74, 6) is 0. The van der Waals surface area contributed by atoms with Crippen molar-refractivity contribution >= 4 is 23.8 Å². The Morgan fingerprint density at radius 1 is 1.50 bits per heavy atom. The number of carbonyl (C=O) groups is 1. The van der Waals surface area contributed by atoms with Crippen molar-refractivity contribution in [1.29, 1.82) is 0 Å². The molecule has 0 aliphatic rings. The Morgan fingerprint density at radius 3 is 2.83 bits per heavy atom. The number of nitrogens with zero attached hydrogens (tertiary/aromatic N) is 1. The van der Waals surface area contributed by atoms with E-state index in [0.29, 0.717) is 24.8 Å². The van der Waals surface area contributed by atoms with Gasteiger partial charge in [-0.25, -0.2) is 0 Å². The Balaban J connectivity index is 2.48. The molecule has 0 aromatic carbocycles. The molecule has 0 spiro atoms. The smallest absolute Gasteiger partial charge is 0.295 e. The first-order valence-electron chi connectivity index (χ1n) is 5.86. The minimum Gasteiger partial charge on any atom is -0.444 e. The SMILES string of the molecule is CC(C)OCCNc1cc(Cl)n(C(C)OC=O)c1. The van der Waals surface area contributed by atoms with E-state index in [-0.39, 0.29) is 6.10 Å². The van der Waals surface area contributed by atoms with Crippen LogP contribution in [0.3, 0.4) is 0 Å². The lowest BCUT2D eigenvalue weighted by atomic mass is 10.5. The number of hydrogen-bond donors (Lipinski definition) is 1. The first kappa shape index (κ1) is 14.9. The molecule has 1 heterocycles. The quantitative estimate of drug-likeness (QED) is 0.585. The van der Waals surface area contributed by atoms with Crippen LogP contribution in [0.2, 0.25) is 5.15 Å². The topological polar surface area (TPSA) is 52.5 Å². The minimum atomic E-state index is -0.419. The minimum absolute atomic E-state index is 0.223. The molecular formula is C12H19ClN2O3. The van der Waals surface area contributed by atoms with Crippen LogP contribution in [0.25, 0.3) is 0 Å². The van der Waals surface area contributed by atoms with E-state index in [4.69, 9.17) is 21.1 Å². The predicted molar refractivity (Wildman–Crippen MR) is 70.9 cm³/mol. The zero-order valence-corrected chi connectivity index (χ0v) is 11.6. The van der Waals surface area contributed by atoms with E-state index in [1.165, 1.54) is 0 Å². The van der Waals surface area contributed by atoms with Gasteiger partial charge in [0.25, 0.3) is 6.47 Å². The van der Waals surface area contributed by atoms with Crippen LogP contribution in [0.15, 0.2) is 12.3 Å². The molecule has 1 aromatic rings. The molecule has 0 saturated heterocycles. The highest BCUT2D eigenvalue weighted by atomic mass is 35.5. The number of nitrogens with one attached hydrogen (secondary N) is 1. The molecule has 0 aliphatic heterocycles. The molecule has 18 heavy (non-hydrogen) atoms. The van der Waals surface area contributed by atoms with Gasteiger partial charge in [-0.3, -0.25) is 4.79 Å². The van der Waals surface area contributed by atoms with E-state index in [0.717, 1.165) is 5.69 Å². The molecule has 102 valence electrons. The highest BCUT2D eigenvalue weighted by molar-refractivity contribution is 6.30. The summed E-state index contributed by atoms with van der Waals surface area (Å²) in [4.78, 5) is 10.3. The lowest BCUT2D eigenvalue weighted by molar-refractivity contribution is -0.136. The Morgan fingerprint density at radius 2 is 2.22 bits per heavy atom. The third-order valence-electron chi connectivity index (χ3n) is 2.33. The molecule has 0 amide bonds. The molecule has 0 aliphatic carbocycles. The molecule has 0 fully saturated rings. The third-order valence-corrected chi connectivity index (χ3v) is 2.63. The lowest BCUT2D eigenvalue weighted by Crippen LogP contribution is -2.13. The summed E-state index contributed by atoms with van der Waals surface area (Å²) in [6.45, 7) is 7.45. The van der Waals surface area contributed by atoms with Gasteiger partial charge in [0, 0.05) is 12.7 Å². The highest BCUT2D eigenvalue weighted by Gasteiger charge is 2.10. The average Bonchev–Trinajstić information content (AvgIpc) is 2.66. The summed E-state index contributed by atoms with van der Waals surface area (Å²) in [6, 6.07) is 1.78. The summed E-state index contributed by atoms with van der Waals surface area (Å²) in [5, 5.41) is 3.69. The number of rotatable bonds is 8. The maximum Gasteiger partial charge on any atom is 0.295 e. The van der Waals surface area contributed by atoms with Crippen LogP contribution in [0.4, 0.5) is 5.69 Å². The maximum absolute atomic E-state index is 10.3. The molecule has 1 aromatic heterocycles. The number of halogens is 1. The number of ether oxygens (including phenoxy) is 2. The van der Waals surface area contributed by atoms with E-state index in [1.807, 2.05) is 13.8 Å². The van der Waals surface area contributed by atoms with Crippen LogP contribution in [-0.2, 0) is 14.3 Å². The van der Waals surface area contributed by atoms with Gasteiger partial charge in [0.15, 0.2) is 6.23 Å². The summed E-state index contributed by atoms with van der Waals surface area (Å²) < 4.78 is 11.9. The van der Waals surface area contributed by atoms with Crippen LogP contribution in [0, 0.1) is 0 Å². The second kappa shape index (κ2) is 7.28. The van der Waals surface area contributed by atoms with E-state index in [2.05, 4.69) is 5.32 Å². The summed E-state index contributed by atoms with van der Waals surface area (Å²) in [7, 11) is 0. The van der Waals surface area contributed by atoms with E-state index < -0.39 is 6.23 Å². The molecule has 1 atom stereocenters. The average molecular weight is 275 g/mol. The van der Waals surface area contributed by atoms with E-state index >= 15 is 0 Å². The van der Waals surface area contributed by atoms with Crippen molar-refractivity contribution in [2.45, 2.75) is 33.1 Å². The van der Waals surface area contributed by atoms with Gasteiger partial charge in [-0.1, -0.05) is 11.6 Å². The van der Waals surface area contributed by atoms with Crippen molar-refractivity contribution < 1.29 is 14.3 Å². The molecule has 6 heteroatoms. The fourth-order valence-electron chi connectivity index (χ4n) is 1.46. The summed E-state index contributed by atoms with van der Waals surface area (Å²) >= 11 is 6.03. The van der Waals surface area contributed by atoms with Gasteiger partial charge < -0.3 is 19.4 Å². The van der Waals surface area contributed by atoms with Crippen molar-refractivity contribution in [3.8, 4) is 0 Å². The highest BCUT2D eigenvalue weighted by Crippen LogP contribution is 2.23. The molecule has 5 nitrogen and oxygen atoms in total. The maximum atomic E-state index is 10.3. The fourth-order valence-corrected chi connectivity index (χ4v) is 1.77. The van der Waals surface area contributed by atoms with Crippen LogP contribution >= 0.6 is 11.6 Å². The zero-order valence-electron chi connectivity index (χ0n) is 10.9. The second-order valence-electron chi connectivity index (χ2n) is 4.14. The van der Waals surface area contributed by atoms with Gasteiger partial charge in [-0.2, -0.15) is 0 Å². The number of aromatic nitrogens is 1. The first-order valence-corrected chi connectivity index (χ1v) is 6.24. The monoisotopic (exact) mass is 274 g/mol. The Hall–Kier alpha value is -1.20. The Bertz CT molecular complexity index is 379. The van der Waals surface area contributed by atoms with Crippen molar-refractivity contribution in [3.63, 3.8) is 0 Å². The van der Waals surface area contributed by atoms with Gasteiger partial charge in [0.1, 0.15) is 5.15 Å². The molecule has 1 rings (SSSR count). The molecule has 0 radical (unpaired) electrons. The van der Waals surface area contributed by atoms with Crippen LogP contribution in [0.5, 0.6) is 0 Å². The van der Waals surface area contributed by atoms with Gasteiger partial charge in [-0.05, 0) is 26.8 Å². The molecule has 1 unspecified atom stereocenters. The van der Waals surface area contributed by atoms with Gasteiger partial charge >= 0.3 is 0 Å². The van der Waals surface area contributed by atoms with Crippen molar-refractivity contribution in [2.24, 2.45) is 0 Å². The van der Waals surface area contributed by atoms with Gasteiger partial charge in [0.05, 0.1) is 18.4 Å². The molecular weight excluding hydrogens is 256 g/mol. The lowest BCUT2D eigenvalue weighted by Gasteiger charge is -2.12. The summed E-state index contributed by atoms with van der Waals surface area (Å²) in [6.07, 6.45) is 1.60. The number of anilines is 1. The first-order chi connectivity index (χ1) is 8.54. The van der Waals surface area contributed by atoms with Crippen molar-refractivity contribution in [3.05, 3.63) is 17.4 Å². The fraction of sp³-hybridized carbons (Fsp3) is 0.583. The van der Waals surface area contributed by atoms with E-state index in [1.54, 1.807) is 23.8 Å². The molecule has 1 N–H and O–H groups in total. The number of carbonyl (C=O) groups excluding carboxylic acids is 1. The molecule has 0 saturated carbocycles. The summed E-state index contributed by atoms with van der Waals surface area (Å²) in [5.41, 5.74) is 0.869. The zero-order chi connectivity index (χ0) is 13.5. The van der Waals surface area contributed by atoms with Crippen LogP contribution in [0.1, 0.15) is 27.0 Å². The Kier molecular flexibility index (Phi) is 6.01. The van der Waals surface area contributed by atoms with Gasteiger partial charge in [-0.15, -0.1) is 0 Å². The predicted octanol–water partition coefficient (Wildman–Crippen LogP) is 2.67. The number of hydrogen-bond acceptors (Lipinski definition) is 4. The van der Waals surface area contributed by atoms with Crippen LogP contribution < -0.4 is 5.32 Å². The molecule has 0 bridgehead atoms. The van der Waals surface area contributed by atoms with Crippen LogP contribution in [-0.4, -0.2) is 30.3 Å². The standard InChI is InChI=1S/C12H19ClN2O3/c1-9(2)17-5-4-14-11-6-12(13)15(7-11)10(3)18-8-16/h6-10,14H,4-5H2,1-3H3. The van der Waals surface area contributed by atoms with Gasteiger partial charge in [0.2, 0.25) is 0 Å². The largest absolute Gasteiger partial charge is 0.444 e. The second-order valence-corrected chi connectivity index (χ2v) is 4.52. The van der Waals surface area contributed by atoms with Crippen molar-refractivity contribution in [2.75, 3.05) is 18.5 Å². The normalized spacial score (nSPS) is 12.5. The third kappa shape index (κ3) is 4.58. The van der Waals surface area contributed by atoms with Crippen molar-refractivity contribution in [1.82, 2.24) is 4.57 Å². The Labute approximate surface area is 112 Å².